The van der Waals surface area contributed by atoms with Gasteiger partial charge in [0.25, 0.3) is 11.1 Å². The Balaban J connectivity index is 1.17. The second-order valence-electron chi connectivity index (χ2n) is 12.8. The Bertz CT molecular complexity index is 1250. The lowest BCUT2D eigenvalue weighted by Crippen LogP contribution is -2.36. The molecule has 0 aromatic carbocycles. The van der Waals surface area contributed by atoms with Crippen LogP contribution < -0.4 is 11.1 Å². The van der Waals surface area contributed by atoms with Crippen molar-refractivity contribution in [1.82, 2.24) is 9.13 Å². The molecule has 0 bridgehead atoms. The van der Waals surface area contributed by atoms with Crippen molar-refractivity contribution in [2.45, 2.75) is 131 Å². The molecule has 2 aromatic heterocycles. The molecule has 2 atom stereocenters. The first-order valence-corrected chi connectivity index (χ1v) is 16.9. The van der Waals surface area contributed by atoms with Crippen LogP contribution in [0.15, 0.2) is 31.5 Å². The third-order valence-corrected chi connectivity index (χ3v) is 10.8. The fourth-order valence-electron chi connectivity index (χ4n) is 6.29. The molecule has 0 saturated carbocycles. The van der Waals surface area contributed by atoms with Crippen molar-refractivity contribution in [2.24, 2.45) is 0 Å². The van der Waals surface area contributed by atoms with Crippen molar-refractivity contribution < 1.29 is 20.4 Å². The van der Waals surface area contributed by atoms with Gasteiger partial charge in [-0.25, -0.2) is 0 Å². The van der Waals surface area contributed by atoms with E-state index in [0.717, 1.165) is 58.1 Å². The minimum absolute atomic E-state index is 0.0793. The summed E-state index contributed by atoms with van der Waals surface area (Å²) >= 11 is 3.22. The summed E-state index contributed by atoms with van der Waals surface area (Å²) in [6, 6.07) is 3.26. The van der Waals surface area contributed by atoms with Crippen LogP contribution in [0.2, 0.25) is 0 Å². The minimum Gasteiger partial charge on any atom is -0.494 e. The predicted molar refractivity (Wildman–Crippen MR) is 166 cm³/mol. The molecule has 0 aliphatic carbocycles. The zero-order chi connectivity index (χ0) is 29.9. The molecule has 41 heavy (non-hydrogen) atoms. The van der Waals surface area contributed by atoms with Crippen molar-refractivity contribution in [3.63, 3.8) is 0 Å². The third-order valence-electron chi connectivity index (χ3n) is 8.66. The normalized spacial score (nSPS) is 16.5. The third kappa shape index (κ3) is 7.37. The van der Waals surface area contributed by atoms with E-state index in [9.17, 15) is 30.0 Å². The Labute approximate surface area is 251 Å². The maximum absolute atomic E-state index is 12.7. The fourth-order valence-corrected chi connectivity index (χ4v) is 8.45. The van der Waals surface area contributed by atoms with E-state index in [0.29, 0.717) is 44.9 Å². The van der Waals surface area contributed by atoms with Crippen molar-refractivity contribution in [3.05, 3.63) is 44.0 Å². The van der Waals surface area contributed by atoms with Crippen molar-refractivity contribution >= 4 is 23.5 Å². The molecule has 4 rings (SSSR count). The number of thioether (sulfide) groups is 2. The summed E-state index contributed by atoms with van der Waals surface area (Å²) in [4.78, 5) is 27.2. The monoisotopic (exact) mass is 606 g/mol. The standard InChI is InChI=1S/C31H46N2O6S2/c1-30(2,32-26(36)18-24-22(28(32)38)12-16-40-24)14-6-10-20(34)8-5-9-21(35)11-7-15-31(3,4)33-27(37)19-25-23(29(33)39)13-17-41-25/h18-21,34-35,38-39H,5-17H2,1-4H3. The second-order valence-corrected chi connectivity index (χ2v) is 15.1. The maximum Gasteiger partial charge on any atom is 0.254 e. The summed E-state index contributed by atoms with van der Waals surface area (Å²) in [5, 5.41) is 42.6. The lowest BCUT2D eigenvalue weighted by Gasteiger charge is -2.30. The van der Waals surface area contributed by atoms with Crippen LogP contribution in [0.25, 0.3) is 0 Å². The molecule has 2 aliphatic heterocycles. The maximum atomic E-state index is 12.7. The van der Waals surface area contributed by atoms with Gasteiger partial charge in [-0.3, -0.25) is 18.7 Å². The molecule has 0 amide bonds. The number of pyridine rings is 2. The van der Waals surface area contributed by atoms with E-state index in [-0.39, 0.29) is 22.9 Å². The first-order valence-electron chi connectivity index (χ1n) is 14.9. The van der Waals surface area contributed by atoms with Gasteiger partial charge in [0.2, 0.25) is 0 Å². The van der Waals surface area contributed by atoms with E-state index in [1.54, 1.807) is 35.7 Å². The van der Waals surface area contributed by atoms with Crippen LogP contribution >= 0.6 is 23.5 Å². The second kappa shape index (κ2) is 13.2. The van der Waals surface area contributed by atoms with Gasteiger partial charge in [-0.1, -0.05) is 0 Å². The number of hydrogen-bond donors (Lipinski definition) is 4. The number of rotatable bonds is 14. The van der Waals surface area contributed by atoms with Crippen LogP contribution in [0.5, 0.6) is 11.8 Å². The average Bonchev–Trinajstić information content (AvgIpc) is 3.53. The summed E-state index contributed by atoms with van der Waals surface area (Å²) in [6.07, 6.45) is 6.43. The van der Waals surface area contributed by atoms with Crippen LogP contribution in [-0.4, -0.2) is 53.3 Å². The van der Waals surface area contributed by atoms with E-state index in [2.05, 4.69) is 0 Å². The summed E-state index contributed by atoms with van der Waals surface area (Å²) in [5.41, 5.74) is 0.225. The molecule has 2 aromatic rings. The molecule has 4 N–H and O–H groups in total. The number of aromatic hydroxyl groups is 2. The number of nitrogens with zero attached hydrogens (tertiary/aromatic N) is 2. The molecule has 2 unspecified atom stereocenters. The van der Waals surface area contributed by atoms with Crippen LogP contribution in [0.1, 0.15) is 96.6 Å². The lowest BCUT2D eigenvalue weighted by atomic mass is 9.93. The van der Waals surface area contributed by atoms with E-state index < -0.39 is 23.3 Å². The highest BCUT2D eigenvalue weighted by molar-refractivity contribution is 7.99. The predicted octanol–water partition coefficient (Wildman–Crippen LogP) is 5.12. The van der Waals surface area contributed by atoms with Gasteiger partial charge in [0.05, 0.1) is 12.2 Å². The molecule has 4 heterocycles. The van der Waals surface area contributed by atoms with Crippen LogP contribution in [0.3, 0.4) is 0 Å². The van der Waals surface area contributed by atoms with Gasteiger partial charge in [-0.05, 0) is 98.3 Å². The molecular formula is C31H46N2O6S2. The first kappa shape index (κ1) is 32.0. The fraction of sp³-hybridized carbons (Fsp3) is 0.677. The van der Waals surface area contributed by atoms with Gasteiger partial charge in [0.1, 0.15) is 0 Å². The molecule has 10 heteroatoms. The summed E-state index contributed by atoms with van der Waals surface area (Å²) < 4.78 is 3.01. The van der Waals surface area contributed by atoms with Gasteiger partial charge < -0.3 is 20.4 Å². The van der Waals surface area contributed by atoms with Crippen LogP contribution in [0.4, 0.5) is 0 Å². The first-order chi connectivity index (χ1) is 19.3. The van der Waals surface area contributed by atoms with E-state index in [1.165, 1.54) is 9.13 Å². The highest BCUT2D eigenvalue weighted by Gasteiger charge is 2.30. The topological polar surface area (TPSA) is 125 Å². The Kier molecular flexibility index (Phi) is 10.3. The average molecular weight is 607 g/mol. The van der Waals surface area contributed by atoms with E-state index in [1.807, 2.05) is 27.7 Å². The summed E-state index contributed by atoms with van der Waals surface area (Å²) in [7, 11) is 0. The highest BCUT2D eigenvalue weighted by Crippen LogP contribution is 2.39. The SMILES string of the molecule is CC(C)(CCCC(O)CCCC(O)CCCC(C)(C)n1c(O)c2c(cc1=O)SCC2)n1c(O)c2c(cc1=O)SCC2. The molecule has 228 valence electrons. The van der Waals surface area contributed by atoms with Crippen LogP contribution in [-0.2, 0) is 23.9 Å². The number of aromatic nitrogens is 2. The van der Waals surface area contributed by atoms with E-state index >= 15 is 0 Å². The molecule has 0 fully saturated rings. The van der Waals surface area contributed by atoms with Gasteiger partial charge >= 0.3 is 0 Å². The smallest absolute Gasteiger partial charge is 0.254 e. The largest absolute Gasteiger partial charge is 0.494 e. The molecule has 0 saturated heterocycles. The zero-order valence-corrected chi connectivity index (χ0v) is 26.5. The number of hydrogen-bond acceptors (Lipinski definition) is 8. The zero-order valence-electron chi connectivity index (χ0n) is 24.8. The van der Waals surface area contributed by atoms with Crippen molar-refractivity contribution in [3.8, 4) is 11.8 Å². The molecular weight excluding hydrogens is 560 g/mol. The Morgan fingerprint density at radius 3 is 1.46 bits per heavy atom. The summed E-state index contributed by atoms with van der Waals surface area (Å²) in [6.45, 7) is 7.81. The number of fused-ring (bicyclic) bond motifs is 2. The Morgan fingerprint density at radius 2 is 1.07 bits per heavy atom. The Morgan fingerprint density at radius 1 is 0.707 bits per heavy atom. The van der Waals surface area contributed by atoms with Crippen LogP contribution in [0, 0.1) is 0 Å². The molecule has 2 aliphatic rings. The van der Waals surface area contributed by atoms with Gasteiger partial charge in [-0.2, -0.15) is 0 Å². The summed E-state index contributed by atoms with van der Waals surface area (Å²) in [5.74, 6) is 1.92. The minimum atomic E-state index is -0.562. The Hall–Kier alpha value is -1.88. The molecule has 0 spiro atoms. The highest BCUT2D eigenvalue weighted by atomic mass is 32.2. The van der Waals surface area contributed by atoms with Gasteiger partial charge in [0, 0.05) is 55.6 Å². The quantitative estimate of drug-likeness (QED) is 0.234. The van der Waals surface area contributed by atoms with E-state index in [4.69, 9.17) is 0 Å². The van der Waals surface area contributed by atoms with Gasteiger partial charge in [-0.15, -0.1) is 23.5 Å². The van der Waals surface area contributed by atoms with Crippen molar-refractivity contribution in [1.29, 1.82) is 0 Å². The molecule has 8 nitrogen and oxygen atoms in total. The lowest BCUT2D eigenvalue weighted by molar-refractivity contribution is 0.116. The number of aliphatic hydroxyl groups is 2. The number of aliphatic hydroxyl groups excluding tert-OH is 2. The molecule has 0 radical (unpaired) electrons. The van der Waals surface area contributed by atoms with Crippen molar-refractivity contribution in [2.75, 3.05) is 11.5 Å². The van der Waals surface area contributed by atoms with Gasteiger partial charge in [0.15, 0.2) is 11.8 Å².